The van der Waals surface area contributed by atoms with Crippen molar-refractivity contribution < 1.29 is 9.84 Å². The van der Waals surface area contributed by atoms with Crippen LogP contribution in [0.4, 0.5) is 5.82 Å². The average Bonchev–Trinajstić information content (AvgIpc) is 3.62. The molecular formula is C31H26ClN5O2. The van der Waals surface area contributed by atoms with Crippen LogP contribution in [0.5, 0.6) is 5.75 Å². The van der Waals surface area contributed by atoms with Gasteiger partial charge in [0.25, 0.3) is 0 Å². The van der Waals surface area contributed by atoms with Crippen LogP contribution in [0.3, 0.4) is 0 Å². The van der Waals surface area contributed by atoms with Crippen LogP contribution in [0, 0.1) is 11.3 Å². The minimum atomic E-state index is -0.00571. The number of halogens is 1. The van der Waals surface area contributed by atoms with Crippen molar-refractivity contribution in [3.8, 4) is 45.5 Å². The smallest absolute Gasteiger partial charge is 0.166 e. The fourth-order valence-corrected chi connectivity index (χ4v) is 5.47. The van der Waals surface area contributed by atoms with Gasteiger partial charge in [0.2, 0.25) is 0 Å². The van der Waals surface area contributed by atoms with E-state index in [1.54, 1.807) is 13.2 Å². The number of nitriles is 1. The molecule has 0 bridgehead atoms. The van der Waals surface area contributed by atoms with Crippen LogP contribution in [-0.4, -0.2) is 46.0 Å². The molecule has 0 aliphatic carbocycles. The summed E-state index contributed by atoms with van der Waals surface area (Å²) in [5.74, 6) is 1.46. The Morgan fingerprint density at radius 3 is 2.64 bits per heavy atom. The van der Waals surface area contributed by atoms with Crippen molar-refractivity contribution in [1.29, 1.82) is 5.26 Å². The van der Waals surface area contributed by atoms with Crippen LogP contribution < -0.4 is 9.64 Å². The van der Waals surface area contributed by atoms with Crippen LogP contribution in [0.2, 0.25) is 5.02 Å². The number of benzene rings is 3. The first-order valence-electron chi connectivity index (χ1n) is 12.8. The number of fused-ring (bicyclic) bond motifs is 1. The van der Waals surface area contributed by atoms with Gasteiger partial charge in [-0.1, -0.05) is 48.0 Å². The second-order valence-corrected chi connectivity index (χ2v) is 9.97. The second-order valence-electron chi connectivity index (χ2n) is 9.53. The standard InChI is InChI=1S/C31H26ClN5O2/c1-39-27-10-3-2-9-25(27)30-29(21-11-13-23(32)14-12-21)31-34-28(36-15-5-8-24(36)19-38)17-26(37(31)35-30)22-7-4-6-20(16-22)18-33/h2-4,6-7,9-14,16-17,24,38H,5,8,15,19H2,1H3/t24-/m0/s1. The summed E-state index contributed by atoms with van der Waals surface area (Å²) < 4.78 is 7.56. The molecular weight excluding hydrogens is 510 g/mol. The number of anilines is 1. The van der Waals surface area contributed by atoms with Crippen molar-refractivity contribution in [1.82, 2.24) is 14.6 Å². The van der Waals surface area contributed by atoms with Crippen LogP contribution in [0.1, 0.15) is 18.4 Å². The first-order chi connectivity index (χ1) is 19.1. The zero-order valence-corrected chi connectivity index (χ0v) is 22.1. The summed E-state index contributed by atoms with van der Waals surface area (Å²) in [4.78, 5) is 7.33. The van der Waals surface area contributed by atoms with Gasteiger partial charge in [-0.3, -0.25) is 0 Å². The summed E-state index contributed by atoms with van der Waals surface area (Å²) in [5.41, 5.74) is 6.18. The molecule has 1 fully saturated rings. The van der Waals surface area contributed by atoms with Gasteiger partial charge in [-0.15, -0.1) is 0 Å². The van der Waals surface area contributed by atoms with Gasteiger partial charge in [-0.05, 0) is 54.8 Å². The van der Waals surface area contributed by atoms with Crippen molar-refractivity contribution in [3.05, 3.63) is 89.4 Å². The van der Waals surface area contributed by atoms with E-state index in [2.05, 4.69) is 11.0 Å². The molecule has 2 aromatic heterocycles. The lowest BCUT2D eigenvalue weighted by molar-refractivity contribution is 0.266. The maximum atomic E-state index is 10.1. The average molecular weight is 536 g/mol. The van der Waals surface area contributed by atoms with Gasteiger partial charge in [-0.2, -0.15) is 10.4 Å². The minimum Gasteiger partial charge on any atom is -0.496 e. The van der Waals surface area contributed by atoms with Crippen molar-refractivity contribution in [3.63, 3.8) is 0 Å². The van der Waals surface area contributed by atoms with Crippen molar-refractivity contribution in [2.45, 2.75) is 18.9 Å². The molecule has 7 nitrogen and oxygen atoms in total. The molecule has 8 heteroatoms. The number of aromatic nitrogens is 3. The van der Waals surface area contributed by atoms with Gasteiger partial charge in [-0.25, -0.2) is 9.50 Å². The maximum absolute atomic E-state index is 10.1. The number of rotatable bonds is 6. The summed E-state index contributed by atoms with van der Waals surface area (Å²) in [5, 5.41) is 25.4. The second kappa shape index (κ2) is 10.4. The fraction of sp³-hybridized carbons (Fsp3) is 0.194. The number of hydrogen-bond acceptors (Lipinski definition) is 6. The Labute approximate surface area is 231 Å². The Morgan fingerprint density at radius 2 is 1.87 bits per heavy atom. The Kier molecular flexibility index (Phi) is 6.65. The van der Waals surface area contributed by atoms with Gasteiger partial charge in [0.05, 0.1) is 42.6 Å². The fourth-order valence-electron chi connectivity index (χ4n) is 5.34. The van der Waals surface area contributed by atoms with E-state index in [0.29, 0.717) is 22.0 Å². The molecule has 0 radical (unpaired) electrons. The third kappa shape index (κ3) is 4.48. The number of aliphatic hydroxyl groups is 1. The molecule has 1 atom stereocenters. The number of para-hydroxylation sites is 1. The highest BCUT2D eigenvalue weighted by Gasteiger charge is 2.28. The van der Waals surface area contributed by atoms with Gasteiger partial charge in [0, 0.05) is 28.8 Å². The molecule has 1 aliphatic rings. The first kappa shape index (κ1) is 24.9. The van der Waals surface area contributed by atoms with Gasteiger partial charge in [0.15, 0.2) is 5.65 Å². The van der Waals surface area contributed by atoms with E-state index in [-0.39, 0.29) is 12.6 Å². The highest BCUT2D eigenvalue weighted by atomic mass is 35.5. The summed E-state index contributed by atoms with van der Waals surface area (Å²) in [6.07, 6.45) is 1.88. The number of methoxy groups -OCH3 is 1. The quantitative estimate of drug-likeness (QED) is 0.277. The van der Waals surface area contributed by atoms with Gasteiger partial charge < -0.3 is 14.7 Å². The minimum absolute atomic E-state index is 0.00571. The molecule has 194 valence electrons. The highest BCUT2D eigenvalue weighted by Crippen LogP contribution is 2.41. The maximum Gasteiger partial charge on any atom is 0.166 e. The van der Waals surface area contributed by atoms with E-state index in [0.717, 1.165) is 58.8 Å². The lowest BCUT2D eigenvalue weighted by atomic mass is 10.0. The largest absolute Gasteiger partial charge is 0.496 e. The van der Waals surface area contributed by atoms with E-state index in [1.165, 1.54) is 0 Å². The molecule has 0 spiro atoms. The predicted molar refractivity (Wildman–Crippen MR) is 153 cm³/mol. The predicted octanol–water partition coefficient (Wildman–Crippen LogP) is 6.23. The number of hydrogen-bond donors (Lipinski definition) is 1. The van der Waals surface area contributed by atoms with Crippen molar-refractivity contribution >= 4 is 23.1 Å². The molecule has 0 unspecified atom stereocenters. The van der Waals surface area contributed by atoms with Crippen LogP contribution >= 0.6 is 11.6 Å². The molecule has 0 amide bonds. The third-order valence-electron chi connectivity index (χ3n) is 7.24. The molecule has 1 saturated heterocycles. The van der Waals surface area contributed by atoms with E-state index < -0.39 is 0 Å². The number of aliphatic hydroxyl groups excluding tert-OH is 1. The lowest BCUT2D eigenvalue weighted by Crippen LogP contribution is -2.32. The Balaban J connectivity index is 1.71. The lowest BCUT2D eigenvalue weighted by Gasteiger charge is -2.25. The SMILES string of the molecule is COc1ccccc1-c1nn2c(-c3cccc(C#N)c3)cc(N3CCC[C@H]3CO)nc2c1-c1ccc(Cl)cc1. The zero-order chi connectivity index (χ0) is 26.9. The Bertz CT molecular complexity index is 1710. The molecule has 3 heterocycles. The monoisotopic (exact) mass is 535 g/mol. The molecule has 1 aliphatic heterocycles. The zero-order valence-electron chi connectivity index (χ0n) is 21.4. The Hall–Kier alpha value is -4.38. The summed E-state index contributed by atoms with van der Waals surface area (Å²) in [6.45, 7) is 0.859. The van der Waals surface area contributed by atoms with Gasteiger partial charge in [0.1, 0.15) is 17.3 Å². The molecule has 5 aromatic rings. The molecule has 1 N–H and O–H groups in total. The molecule has 39 heavy (non-hydrogen) atoms. The van der Waals surface area contributed by atoms with Crippen LogP contribution in [0.25, 0.3) is 39.3 Å². The van der Waals surface area contributed by atoms with Crippen molar-refractivity contribution in [2.75, 3.05) is 25.2 Å². The topological polar surface area (TPSA) is 86.7 Å². The number of ether oxygens (including phenoxy) is 1. The molecule has 3 aromatic carbocycles. The summed E-state index contributed by atoms with van der Waals surface area (Å²) >= 11 is 6.26. The normalized spacial score (nSPS) is 15.0. The molecule has 6 rings (SSSR count). The molecule has 0 saturated carbocycles. The van der Waals surface area contributed by atoms with Crippen molar-refractivity contribution in [2.24, 2.45) is 0 Å². The number of nitrogens with zero attached hydrogens (tertiary/aromatic N) is 5. The van der Waals surface area contributed by atoms with E-state index in [1.807, 2.05) is 77.3 Å². The highest BCUT2D eigenvalue weighted by molar-refractivity contribution is 6.30. The van der Waals surface area contributed by atoms with Crippen LogP contribution in [-0.2, 0) is 0 Å². The van der Waals surface area contributed by atoms with Crippen LogP contribution in [0.15, 0.2) is 78.9 Å². The van der Waals surface area contributed by atoms with E-state index in [4.69, 9.17) is 26.4 Å². The Morgan fingerprint density at radius 1 is 1.05 bits per heavy atom. The summed E-state index contributed by atoms with van der Waals surface area (Å²) in [7, 11) is 1.65. The van der Waals surface area contributed by atoms with Gasteiger partial charge >= 0.3 is 0 Å². The third-order valence-corrected chi connectivity index (χ3v) is 7.49. The summed E-state index contributed by atoms with van der Waals surface area (Å²) in [6, 6.07) is 27.2. The van der Waals surface area contributed by atoms with E-state index >= 15 is 0 Å². The first-order valence-corrected chi connectivity index (χ1v) is 13.2. The van der Waals surface area contributed by atoms with E-state index in [9.17, 15) is 10.4 Å².